The molecule has 0 spiro atoms. The monoisotopic (exact) mass is 762 g/mol. The van der Waals surface area contributed by atoms with E-state index in [2.05, 4.69) is 20.1 Å². The molecule has 54 heavy (non-hydrogen) atoms. The Hall–Kier alpha value is -3.25. The zero-order valence-corrected chi connectivity index (χ0v) is 32.7. The summed E-state index contributed by atoms with van der Waals surface area (Å²) in [7, 11) is 0. The van der Waals surface area contributed by atoms with Crippen LogP contribution in [-0.2, 0) is 57.1 Å². The first kappa shape index (κ1) is 45.1. The van der Waals surface area contributed by atoms with Gasteiger partial charge in [-0.2, -0.15) is 0 Å². The molecule has 3 atom stereocenters. The number of unbranched alkanes of at least 4 members (excludes halogenated alkanes) is 6. The third-order valence-electron chi connectivity index (χ3n) is 10.7. The molecule has 3 aliphatic rings. The van der Waals surface area contributed by atoms with E-state index in [4.69, 9.17) is 33.2 Å². The minimum absolute atomic E-state index is 0.0914. The number of rotatable bonds is 25. The quantitative estimate of drug-likeness (QED) is 0.0398. The number of hydrogen-bond acceptors (Lipinski definition) is 12. The highest BCUT2D eigenvalue weighted by molar-refractivity contribution is 5.81. The van der Waals surface area contributed by atoms with E-state index in [1.165, 1.54) is 6.08 Å². The first-order valence-corrected chi connectivity index (χ1v) is 20.6. The number of hydrogen-bond donors (Lipinski definition) is 0. The lowest BCUT2D eigenvalue weighted by Crippen LogP contribution is -2.43. The second-order valence-electron chi connectivity index (χ2n) is 14.9. The van der Waals surface area contributed by atoms with Crippen LogP contribution in [-0.4, -0.2) is 87.3 Å². The molecule has 3 unspecified atom stereocenters. The van der Waals surface area contributed by atoms with Crippen LogP contribution < -0.4 is 0 Å². The third-order valence-corrected chi connectivity index (χ3v) is 10.7. The minimum Gasteiger partial charge on any atom is -0.465 e. The Bertz CT molecular complexity index is 1150. The fourth-order valence-electron chi connectivity index (χ4n) is 7.39. The van der Waals surface area contributed by atoms with Crippen molar-refractivity contribution < 1.29 is 57.1 Å². The molecule has 0 aromatic rings. The molecule has 0 aliphatic heterocycles. The van der Waals surface area contributed by atoms with Gasteiger partial charge in [0.05, 0.1) is 49.8 Å². The topological polar surface area (TPSA) is 150 Å². The zero-order chi connectivity index (χ0) is 39.0. The van der Waals surface area contributed by atoms with E-state index < -0.39 is 36.0 Å². The Morgan fingerprint density at radius 2 is 0.944 bits per heavy atom. The molecule has 306 valence electrons. The summed E-state index contributed by atoms with van der Waals surface area (Å²) in [6.45, 7) is 11.2. The summed E-state index contributed by atoms with van der Waals surface area (Å²) in [4.78, 5) is 62.1. The molecule has 3 aliphatic carbocycles. The fraction of sp³-hybridized carbons (Fsp3) is 0.786. The van der Waals surface area contributed by atoms with Crippen molar-refractivity contribution in [1.29, 1.82) is 0 Å². The molecular weight excluding hydrogens is 696 g/mol. The van der Waals surface area contributed by atoms with Crippen molar-refractivity contribution in [1.82, 2.24) is 0 Å². The summed E-state index contributed by atoms with van der Waals surface area (Å²) in [6, 6.07) is 0. The highest BCUT2D eigenvalue weighted by Crippen LogP contribution is 2.35. The Morgan fingerprint density at radius 1 is 0.500 bits per heavy atom. The summed E-state index contributed by atoms with van der Waals surface area (Å²) < 4.78 is 39.7. The molecule has 0 amide bonds. The average Bonchev–Trinajstić information content (AvgIpc) is 3.19. The van der Waals surface area contributed by atoms with Crippen molar-refractivity contribution in [2.45, 2.75) is 160 Å². The van der Waals surface area contributed by atoms with Gasteiger partial charge in [0, 0.05) is 31.8 Å². The van der Waals surface area contributed by atoms with E-state index in [1.807, 2.05) is 0 Å². The van der Waals surface area contributed by atoms with Crippen LogP contribution in [0.1, 0.15) is 135 Å². The molecule has 3 fully saturated rings. The number of ether oxygens (including phenoxy) is 7. The van der Waals surface area contributed by atoms with Crippen molar-refractivity contribution in [3.63, 3.8) is 0 Å². The van der Waals surface area contributed by atoms with Gasteiger partial charge < -0.3 is 33.2 Å². The second kappa shape index (κ2) is 26.5. The lowest BCUT2D eigenvalue weighted by molar-refractivity contribution is -0.177. The maximum atomic E-state index is 13.4. The maximum Gasteiger partial charge on any atom is 0.330 e. The Kier molecular flexibility index (Phi) is 22.2. The molecule has 12 nitrogen and oxygen atoms in total. The lowest BCUT2D eigenvalue weighted by atomic mass is 9.83. The lowest BCUT2D eigenvalue weighted by Gasteiger charge is -2.36. The number of esters is 5. The summed E-state index contributed by atoms with van der Waals surface area (Å²) in [5.74, 6) is -2.84. The van der Waals surface area contributed by atoms with E-state index in [-0.39, 0.29) is 42.4 Å². The Balaban J connectivity index is 1.38. The molecule has 0 heterocycles. The van der Waals surface area contributed by atoms with Gasteiger partial charge >= 0.3 is 29.8 Å². The van der Waals surface area contributed by atoms with Crippen molar-refractivity contribution in [3.8, 4) is 0 Å². The summed E-state index contributed by atoms with van der Waals surface area (Å²) in [6.07, 6.45) is 16.5. The van der Waals surface area contributed by atoms with E-state index in [0.29, 0.717) is 71.6 Å². The van der Waals surface area contributed by atoms with Gasteiger partial charge in [-0.05, 0) is 103 Å². The summed E-state index contributed by atoms with van der Waals surface area (Å²) in [5.41, 5.74) is 0. The van der Waals surface area contributed by atoms with Crippen LogP contribution in [0.4, 0.5) is 0 Å². The molecule has 0 bridgehead atoms. The zero-order valence-electron chi connectivity index (χ0n) is 32.7. The van der Waals surface area contributed by atoms with Crippen LogP contribution in [0.2, 0.25) is 0 Å². The summed E-state index contributed by atoms with van der Waals surface area (Å²) in [5, 5.41) is 0. The van der Waals surface area contributed by atoms with E-state index in [1.54, 1.807) is 0 Å². The minimum atomic E-state index is -0.680. The number of carbonyl (C=O) groups is 5. The van der Waals surface area contributed by atoms with Crippen LogP contribution in [0.3, 0.4) is 0 Å². The molecule has 12 heteroatoms. The highest BCUT2D eigenvalue weighted by Gasteiger charge is 2.42. The largest absolute Gasteiger partial charge is 0.465 e. The van der Waals surface area contributed by atoms with Crippen molar-refractivity contribution in [2.24, 2.45) is 17.8 Å². The highest BCUT2D eigenvalue weighted by atomic mass is 16.6. The van der Waals surface area contributed by atoms with Crippen LogP contribution in [0, 0.1) is 17.8 Å². The van der Waals surface area contributed by atoms with Gasteiger partial charge in [0.2, 0.25) is 0 Å². The third kappa shape index (κ3) is 17.5. The van der Waals surface area contributed by atoms with Crippen molar-refractivity contribution in [2.75, 3.05) is 33.0 Å². The molecule has 0 aromatic heterocycles. The van der Waals surface area contributed by atoms with E-state index in [0.717, 1.165) is 89.5 Å². The summed E-state index contributed by atoms with van der Waals surface area (Å²) >= 11 is 0. The van der Waals surface area contributed by atoms with E-state index in [9.17, 15) is 24.0 Å². The molecule has 0 N–H and O–H groups in total. The molecule has 0 radical (unpaired) electrons. The van der Waals surface area contributed by atoms with Crippen molar-refractivity contribution >= 4 is 29.8 Å². The average molecular weight is 763 g/mol. The smallest absolute Gasteiger partial charge is 0.330 e. The predicted octanol–water partition coefficient (Wildman–Crippen LogP) is 7.29. The van der Waals surface area contributed by atoms with Gasteiger partial charge in [-0.3, -0.25) is 14.4 Å². The Labute approximate surface area is 322 Å². The van der Waals surface area contributed by atoms with Gasteiger partial charge in [-0.15, -0.1) is 0 Å². The molecule has 3 rings (SSSR count). The second-order valence-corrected chi connectivity index (χ2v) is 14.9. The van der Waals surface area contributed by atoms with Gasteiger partial charge in [0.1, 0.15) is 12.2 Å². The molecular formula is C42H66O12. The standard InChI is InChI=1S/C42H66O12/c1-4-7-10-29-52-42(47)36-30-35(53-40(45)31-15-19-34(20-16-31)49-26-13-14-28-51-39(44)6-3)23-24-37(36)54-41(46)32-17-21-33(22-18-32)48-25-11-8-9-12-27-50-38(43)5-2/h5-6,31-37H,2-4,7-30H2,1H3. The van der Waals surface area contributed by atoms with Crippen LogP contribution >= 0.6 is 0 Å². The first-order chi connectivity index (χ1) is 26.2. The normalized spacial score (nSPS) is 25.5. The van der Waals surface area contributed by atoms with Crippen LogP contribution in [0.25, 0.3) is 0 Å². The number of carbonyl (C=O) groups excluding carboxylic acids is 5. The van der Waals surface area contributed by atoms with Crippen LogP contribution in [0.15, 0.2) is 25.3 Å². The van der Waals surface area contributed by atoms with Gasteiger partial charge in [0.25, 0.3) is 0 Å². The molecule has 0 aromatic carbocycles. The van der Waals surface area contributed by atoms with Gasteiger partial charge in [-0.1, -0.05) is 39.3 Å². The van der Waals surface area contributed by atoms with Crippen molar-refractivity contribution in [3.05, 3.63) is 25.3 Å². The first-order valence-electron chi connectivity index (χ1n) is 20.6. The Morgan fingerprint density at radius 3 is 1.48 bits per heavy atom. The maximum absolute atomic E-state index is 13.4. The van der Waals surface area contributed by atoms with Gasteiger partial charge in [0.15, 0.2) is 0 Å². The SMILES string of the molecule is C=CC(=O)OCCCCCCOC1CCC(C(=O)OC2CCC(OC(=O)C3CCC(OCCCCOC(=O)C=C)CC3)CC2C(=O)OCCCCC)CC1. The van der Waals surface area contributed by atoms with Crippen LogP contribution in [0.5, 0.6) is 0 Å². The predicted molar refractivity (Wildman–Crippen MR) is 201 cm³/mol. The fourth-order valence-corrected chi connectivity index (χ4v) is 7.39. The molecule has 3 saturated carbocycles. The van der Waals surface area contributed by atoms with E-state index >= 15 is 0 Å². The van der Waals surface area contributed by atoms with Gasteiger partial charge in [-0.25, -0.2) is 9.59 Å². The molecule has 0 saturated heterocycles.